The zero-order valence-corrected chi connectivity index (χ0v) is 10.9. The van der Waals surface area contributed by atoms with Gasteiger partial charge in [0.1, 0.15) is 0 Å². The minimum Gasteiger partial charge on any atom is -0.388 e. The molecule has 1 aromatic carbocycles. The average molecular weight is 248 g/mol. The Morgan fingerprint density at radius 2 is 2.17 bits per heavy atom. The van der Waals surface area contributed by atoms with Crippen molar-refractivity contribution in [3.63, 3.8) is 0 Å². The summed E-state index contributed by atoms with van der Waals surface area (Å²) in [5.41, 5.74) is 1.66. The Balaban J connectivity index is 2.31. The molecule has 0 aliphatic carbocycles. The molecule has 0 saturated carbocycles. The van der Waals surface area contributed by atoms with Crippen LogP contribution in [0.4, 0.5) is 10.5 Å². The number of amides is 2. The van der Waals surface area contributed by atoms with Crippen LogP contribution in [-0.4, -0.2) is 23.7 Å². The van der Waals surface area contributed by atoms with Crippen molar-refractivity contribution in [1.29, 1.82) is 0 Å². The second-order valence-corrected chi connectivity index (χ2v) is 4.97. The number of fused-ring (bicyclic) bond motifs is 1. The van der Waals surface area contributed by atoms with Crippen LogP contribution >= 0.6 is 0 Å². The second kappa shape index (κ2) is 5.40. The Kier molecular flexibility index (Phi) is 3.87. The zero-order valence-electron chi connectivity index (χ0n) is 10.9. The van der Waals surface area contributed by atoms with Crippen molar-refractivity contribution >= 4 is 11.7 Å². The Morgan fingerprint density at radius 1 is 1.44 bits per heavy atom. The first kappa shape index (κ1) is 12.9. The van der Waals surface area contributed by atoms with Crippen LogP contribution in [0.15, 0.2) is 24.3 Å². The van der Waals surface area contributed by atoms with Gasteiger partial charge in [0.05, 0.1) is 11.8 Å². The van der Waals surface area contributed by atoms with Crippen LogP contribution in [0.5, 0.6) is 0 Å². The lowest BCUT2D eigenvalue weighted by atomic mass is 10.0. The third kappa shape index (κ3) is 2.64. The number of hydrogen-bond acceptors (Lipinski definition) is 2. The van der Waals surface area contributed by atoms with E-state index in [2.05, 4.69) is 5.32 Å². The maximum atomic E-state index is 12.2. The highest BCUT2D eigenvalue weighted by Gasteiger charge is 2.25. The molecule has 0 radical (unpaired) electrons. The fraction of sp³-hybridized carbons (Fsp3) is 0.500. The number of anilines is 1. The summed E-state index contributed by atoms with van der Waals surface area (Å²) in [6.45, 7) is 4.53. The van der Waals surface area contributed by atoms with Crippen molar-refractivity contribution in [2.45, 2.75) is 38.8 Å². The van der Waals surface area contributed by atoms with Crippen LogP contribution in [0.25, 0.3) is 0 Å². The fourth-order valence-electron chi connectivity index (χ4n) is 2.27. The molecule has 1 aliphatic heterocycles. The number of benzene rings is 1. The van der Waals surface area contributed by atoms with E-state index in [0.29, 0.717) is 13.0 Å². The molecule has 0 spiro atoms. The van der Waals surface area contributed by atoms with Crippen molar-refractivity contribution in [3.05, 3.63) is 29.8 Å². The Bertz CT molecular complexity index is 432. The van der Waals surface area contributed by atoms with Gasteiger partial charge in [-0.25, -0.2) is 4.79 Å². The second-order valence-electron chi connectivity index (χ2n) is 4.97. The molecule has 0 fully saturated rings. The number of carbonyl (C=O) groups is 1. The molecule has 4 nitrogen and oxygen atoms in total. The van der Waals surface area contributed by atoms with Crippen LogP contribution in [0.1, 0.15) is 38.4 Å². The molecule has 0 bridgehead atoms. The van der Waals surface area contributed by atoms with Crippen LogP contribution in [0, 0.1) is 0 Å². The lowest BCUT2D eigenvalue weighted by Gasteiger charge is -2.24. The molecule has 1 aromatic rings. The van der Waals surface area contributed by atoms with E-state index in [-0.39, 0.29) is 12.1 Å². The van der Waals surface area contributed by atoms with Gasteiger partial charge in [0.15, 0.2) is 0 Å². The molecular formula is C14H20N2O2. The van der Waals surface area contributed by atoms with Gasteiger partial charge in [-0.2, -0.15) is 0 Å². The summed E-state index contributed by atoms with van der Waals surface area (Å²) in [7, 11) is 0. The third-order valence-electron chi connectivity index (χ3n) is 3.10. The van der Waals surface area contributed by atoms with E-state index in [9.17, 15) is 9.90 Å². The molecule has 98 valence electrons. The summed E-state index contributed by atoms with van der Waals surface area (Å²) >= 11 is 0. The minimum atomic E-state index is -0.474. The van der Waals surface area contributed by atoms with Crippen molar-refractivity contribution < 1.29 is 9.90 Å². The molecule has 4 heteroatoms. The number of carbonyl (C=O) groups excluding carboxylic acids is 1. The predicted octanol–water partition coefficient (Wildman–Crippen LogP) is 2.44. The summed E-state index contributed by atoms with van der Waals surface area (Å²) in [5, 5.41) is 13.0. The minimum absolute atomic E-state index is 0.0912. The number of aliphatic hydroxyl groups is 1. The predicted molar refractivity (Wildman–Crippen MR) is 71.6 cm³/mol. The lowest BCUT2D eigenvalue weighted by Crippen LogP contribution is -2.43. The number of urea groups is 1. The molecule has 18 heavy (non-hydrogen) atoms. The van der Waals surface area contributed by atoms with Crippen molar-refractivity contribution in [3.8, 4) is 0 Å². The normalized spacial score (nSPS) is 19.3. The van der Waals surface area contributed by atoms with Gasteiger partial charge in [0.25, 0.3) is 0 Å². The standard InChI is InChI=1S/C14H20N2O2/c1-10(2)15-14(18)16-9-5-8-13(17)11-6-3-4-7-12(11)16/h3-4,6-7,10,13,17H,5,8-9H2,1-2H3,(H,15,18). The van der Waals surface area contributed by atoms with Gasteiger partial charge in [-0.15, -0.1) is 0 Å². The molecule has 1 unspecified atom stereocenters. The van der Waals surface area contributed by atoms with Gasteiger partial charge < -0.3 is 10.4 Å². The molecule has 0 saturated heterocycles. The van der Waals surface area contributed by atoms with Crippen molar-refractivity contribution in [1.82, 2.24) is 5.32 Å². The largest absolute Gasteiger partial charge is 0.388 e. The van der Waals surface area contributed by atoms with Gasteiger partial charge in [-0.3, -0.25) is 4.90 Å². The number of nitrogens with zero attached hydrogens (tertiary/aromatic N) is 1. The summed E-state index contributed by atoms with van der Waals surface area (Å²) in [5.74, 6) is 0. The number of para-hydroxylation sites is 1. The van der Waals surface area contributed by atoms with E-state index in [1.165, 1.54) is 0 Å². The summed E-state index contributed by atoms with van der Waals surface area (Å²) in [6.07, 6.45) is 1.03. The summed E-state index contributed by atoms with van der Waals surface area (Å²) in [6, 6.07) is 7.59. The number of aliphatic hydroxyl groups excluding tert-OH is 1. The highest BCUT2D eigenvalue weighted by Crippen LogP contribution is 2.32. The smallest absolute Gasteiger partial charge is 0.322 e. The fourth-order valence-corrected chi connectivity index (χ4v) is 2.27. The topological polar surface area (TPSA) is 52.6 Å². The number of hydrogen-bond donors (Lipinski definition) is 2. The Labute approximate surface area is 108 Å². The summed E-state index contributed by atoms with van der Waals surface area (Å²) in [4.78, 5) is 13.9. The third-order valence-corrected chi connectivity index (χ3v) is 3.10. The van der Waals surface area contributed by atoms with Gasteiger partial charge >= 0.3 is 6.03 Å². The van der Waals surface area contributed by atoms with Crippen LogP contribution in [-0.2, 0) is 0 Å². The van der Waals surface area contributed by atoms with E-state index in [0.717, 1.165) is 17.7 Å². The molecule has 2 rings (SSSR count). The highest BCUT2D eigenvalue weighted by molar-refractivity contribution is 5.93. The Hall–Kier alpha value is -1.55. The van der Waals surface area contributed by atoms with E-state index in [4.69, 9.17) is 0 Å². The van der Waals surface area contributed by atoms with E-state index < -0.39 is 6.10 Å². The van der Waals surface area contributed by atoms with E-state index in [1.54, 1.807) is 4.90 Å². The quantitative estimate of drug-likeness (QED) is 0.802. The molecule has 1 atom stereocenters. The maximum absolute atomic E-state index is 12.2. The molecule has 1 heterocycles. The molecule has 2 N–H and O–H groups in total. The van der Waals surface area contributed by atoms with Gasteiger partial charge in [-0.1, -0.05) is 18.2 Å². The van der Waals surface area contributed by atoms with E-state index >= 15 is 0 Å². The SMILES string of the molecule is CC(C)NC(=O)N1CCCC(O)c2ccccc21. The first-order valence-electron chi connectivity index (χ1n) is 6.44. The number of rotatable bonds is 1. The molecule has 0 aromatic heterocycles. The summed E-state index contributed by atoms with van der Waals surface area (Å²) < 4.78 is 0. The molecule has 1 aliphatic rings. The molecular weight excluding hydrogens is 228 g/mol. The van der Waals surface area contributed by atoms with Gasteiger partial charge in [0.2, 0.25) is 0 Å². The van der Waals surface area contributed by atoms with Crippen LogP contribution < -0.4 is 10.2 Å². The highest BCUT2D eigenvalue weighted by atomic mass is 16.3. The maximum Gasteiger partial charge on any atom is 0.322 e. The van der Waals surface area contributed by atoms with Crippen molar-refractivity contribution in [2.24, 2.45) is 0 Å². The van der Waals surface area contributed by atoms with Gasteiger partial charge in [0, 0.05) is 18.2 Å². The van der Waals surface area contributed by atoms with Crippen molar-refractivity contribution in [2.75, 3.05) is 11.4 Å². The first-order chi connectivity index (χ1) is 8.59. The number of nitrogens with one attached hydrogen (secondary N) is 1. The molecule has 2 amide bonds. The van der Waals surface area contributed by atoms with E-state index in [1.807, 2.05) is 38.1 Å². The lowest BCUT2D eigenvalue weighted by molar-refractivity contribution is 0.168. The van der Waals surface area contributed by atoms with Gasteiger partial charge in [-0.05, 0) is 32.8 Å². The first-order valence-corrected chi connectivity index (χ1v) is 6.44. The Morgan fingerprint density at radius 3 is 2.89 bits per heavy atom. The average Bonchev–Trinajstić information content (AvgIpc) is 2.49. The van der Waals surface area contributed by atoms with Crippen LogP contribution in [0.2, 0.25) is 0 Å². The monoisotopic (exact) mass is 248 g/mol. The zero-order chi connectivity index (χ0) is 13.1. The van der Waals surface area contributed by atoms with Crippen LogP contribution in [0.3, 0.4) is 0 Å².